The first kappa shape index (κ1) is 28.3. The van der Waals surface area contributed by atoms with E-state index in [4.69, 9.17) is 11.6 Å². The summed E-state index contributed by atoms with van der Waals surface area (Å²) in [6.07, 6.45) is 3.41. The lowest BCUT2D eigenvalue weighted by Crippen LogP contribution is -2.48. The molecular formula is C29H38ClN5O2. The fourth-order valence-corrected chi connectivity index (χ4v) is 4.63. The predicted octanol–water partition coefficient (Wildman–Crippen LogP) is 5.58. The fourth-order valence-electron chi connectivity index (χ4n) is 4.45. The molecule has 4 rings (SSSR count). The molecule has 2 aliphatic heterocycles. The van der Waals surface area contributed by atoms with Gasteiger partial charge in [0.15, 0.2) is 0 Å². The van der Waals surface area contributed by atoms with Crippen molar-refractivity contribution >= 4 is 46.8 Å². The Kier molecular flexibility index (Phi) is 10.1. The monoisotopic (exact) mass is 523 g/mol. The Balaban J connectivity index is 0.00000186. The lowest BCUT2D eigenvalue weighted by atomic mass is 10.0. The van der Waals surface area contributed by atoms with E-state index in [2.05, 4.69) is 35.6 Å². The lowest BCUT2D eigenvalue weighted by molar-refractivity contribution is -0.121. The maximum absolute atomic E-state index is 13.3. The molecule has 0 atom stereocenters. The predicted molar refractivity (Wildman–Crippen MR) is 154 cm³/mol. The average molecular weight is 524 g/mol. The summed E-state index contributed by atoms with van der Waals surface area (Å²) in [5.41, 5.74) is 3.84. The molecule has 0 unspecified atom stereocenters. The second-order valence-electron chi connectivity index (χ2n) is 8.89. The van der Waals surface area contributed by atoms with Gasteiger partial charge in [0.05, 0.1) is 12.0 Å². The number of hydrogen-bond acceptors (Lipinski definition) is 5. The van der Waals surface area contributed by atoms with Crippen molar-refractivity contribution in [3.8, 4) is 0 Å². The number of rotatable bonds is 7. The van der Waals surface area contributed by atoms with Crippen molar-refractivity contribution in [3.63, 3.8) is 0 Å². The van der Waals surface area contributed by atoms with Crippen LogP contribution in [0.15, 0.2) is 54.0 Å². The van der Waals surface area contributed by atoms with E-state index < -0.39 is 0 Å². The number of anilines is 1. The summed E-state index contributed by atoms with van der Waals surface area (Å²) >= 11 is 6.13. The highest BCUT2D eigenvalue weighted by Gasteiger charge is 2.25. The molecule has 1 N–H and O–H groups in total. The Morgan fingerprint density at radius 1 is 1.05 bits per heavy atom. The molecule has 0 bridgehead atoms. The summed E-state index contributed by atoms with van der Waals surface area (Å²) in [5.74, 6) is -0.0847. The quantitative estimate of drug-likeness (QED) is 0.514. The number of fused-ring (bicyclic) bond motifs is 1. The molecule has 2 aromatic rings. The number of halogens is 1. The van der Waals surface area contributed by atoms with E-state index >= 15 is 0 Å². The van der Waals surface area contributed by atoms with Crippen LogP contribution < -0.4 is 10.2 Å². The lowest BCUT2D eigenvalue weighted by Gasteiger charge is -2.36. The zero-order valence-electron chi connectivity index (χ0n) is 22.3. The number of nitrogens with one attached hydrogen (secondary N) is 1. The average Bonchev–Trinajstić information content (AvgIpc) is 2.94. The molecule has 37 heavy (non-hydrogen) atoms. The van der Waals surface area contributed by atoms with Gasteiger partial charge in [-0.15, -0.1) is 0 Å². The number of amides is 2. The zero-order valence-corrected chi connectivity index (χ0v) is 23.1. The zero-order chi connectivity index (χ0) is 26.9. The van der Waals surface area contributed by atoms with Crippen LogP contribution in [0.4, 0.5) is 11.4 Å². The van der Waals surface area contributed by atoms with E-state index in [1.807, 2.05) is 61.2 Å². The Hall–Kier alpha value is -3.32. The van der Waals surface area contributed by atoms with Crippen LogP contribution in [0.5, 0.6) is 0 Å². The van der Waals surface area contributed by atoms with Crippen LogP contribution in [0.3, 0.4) is 0 Å². The second-order valence-corrected chi connectivity index (χ2v) is 9.33. The molecule has 2 aromatic carbocycles. The molecule has 2 aliphatic rings. The largest absolute Gasteiger partial charge is 0.368 e. The van der Waals surface area contributed by atoms with E-state index in [1.165, 1.54) is 0 Å². The van der Waals surface area contributed by atoms with Gasteiger partial charge in [-0.1, -0.05) is 51.9 Å². The minimum Gasteiger partial charge on any atom is -0.368 e. The summed E-state index contributed by atoms with van der Waals surface area (Å²) in [4.78, 5) is 36.1. The van der Waals surface area contributed by atoms with Gasteiger partial charge >= 0.3 is 0 Å². The second kappa shape index (κ2) is 13.3. The molecule has 0 aliphatic carbocycles. The molecule has 0 saturated carbocycles. The van der Waals surface area contributed by atoms with Crippen LogP contribution in [0.1, 0.15) is 56.5 Å². The number of nitrogens with zero attached hydrogens (tertiary/aromatic N) is 4. The van der Waals surface area contributed by atoms with Gasteiger partial charge in [0.25, 0.3) is 5.91 Å². The topological polar surface area (TPSA) is 68.2 Å². The van der Waals surface area contributed by atoms with E-state index in [0.717, 1.165) is 42.9 Å². The molecule has 0 aromatic heterocycles. The van der Waals surface area contributed by atoms with Crippen molar-refractivity contribution in [3.05, 3.63) is 65.2 Å². The first-order valence-corrected chi connectivity index (χ1v) is 13.5. The molecule has 0 spiro atoms. The Morgan fingerprint density at radius 2 is 1.76 bits per heavy atom. The number of benzene rings is 2. The van der Waals surface area contributed by atoms with Gasteiger partial charge in [0.1, 0.15) is 6.54 Å². The van der Waals surface area contributed by atoms with Crippen LogP contribution in [0, 0.1) is 0 Å². The number of hydrogen-bond donors (Lipinski definition) is 1. The van der Waals surface area contributed by atoms with Gasteiger partial charge in [0.2, 0.25) is 5.91 Å². The third-order valence-corrected chi connectivity index (χ3v) is 6.88. The van der Waals surface area contributed by atoms with Crippen molar-refractivity contribution in [2.45, 2.75) is 46.6 Å². The molecule has 8 heteroatoms. The maximum atomic E-state index is 13.3. The van der Waals surface area contributed by atoms with E-state index in [-0.39, 0.29) is 24.4 Å². The van der Waals surface area contributed by atoms with Gasteiger partial charge in [-0.25, -0.2) is 4.99 Å². The first-order chi connectivity index (χ1) is 17.9. The molecule has 7 nitrogen and oxygen atoms in total. The van der Waals surface area contributed by atoms with E-state index in [9.17, 15) is 9.59 Å². The third kappa shape index (κ3) is 6.92. The number of carbonyl (C=O) groups excluding carboxylic acids is 2. The molecule has 2 heterocycles. The summed E-state index contributed by atoms with van der Waals surface area (Å²) < 4.78 is 0. The van der Waals surface area contributed by atoms with Crippen molar-refractivity contribution in [1.29, 1.82) is 0 Å². The van der Waals surface area contributed by atoms with Crippen LogP contribution in [0.2, 0.25) is 5.02 Å². The van der Waals surface area contributed by atoms with Gasteiger partial charge in [0, 0.05) is 59.8 Å². The van der Waals surface area contributed by atoms with E-state index in [1.54, 1.807) is 11.2 Å². The first-order valence-electron chi connectivity index (χ1n) is 13.1. The van der Waals surface area contributed by atoms with E-state index in [0.29, 0.717) is 29.4 Å². The van der Waals surface area contributed by atoms with Gasteiger partial charge in [-0.3, -0.25) is 9.59 Å². The summed E-state index contributed by atoms with van der Waals surface area (Å²) in [5, 5.41) is 3.75. The van der Waals surface area contributed by atoms with Crippen LogP contribution >= 0.6 is 11.6 Å². The fraction of sp³-hybridized carbons (Fsp3) is 0.414. The van der Waals surface area contributed by atoms with Crippen molar-refractivity contribution in [2.24, 2.45) is 4.99 Å². The Labute approximate surface area is 225 Å². The highest BCUT2D eigenvalue weighted by atomic mass is 35.5. The van der Waals surface area contributed by atoms with Crippen LogP contribution in [0.25, 0.3) is 5.70 Å². The van der Waals surface area contributed by atoms with Gasteiger partial charge in [-0.05, 0) is 49.2 Å². The molecule has 198 valence electrons. The maximum Gasteiger partial charge on any atom is 0.253 e. The molecule has 2 amide bonds. The SMILES string of the molecule is C=C1c2cc(C(=O)N3CCN(c4cccc(Cl)c4)CC3)ccc2N=CN1CC(=O)NC(CC)CC.CC. The molecule has 0 radical (unpaired) electrons. The van der Waals surface area contributed by atoms with Gasteiger partial charge in [-0.2, -0.15) is 0 Å². The smallest absolute Gasteiger partial charge is 0.253 e. The standard InChI is InChI=1S/C27H32ClN5O2.C2H6/c1-4-22(5-2)30-26(34)17-33-18-29-25-10-9-20(15-24(25)19(33)3)27(35)32-13-11-31(12-14-32)23-8-6-7-21(28)16-23;1-2/h6-10,15-16,18,22H,3-5,11-14,17H2,1-2H3,(H,30,34);1-2H3. The molecule has 1 saturated heterocycles. The Bertz CT molecular complexity index is 1140. The normalized spacial score (nSPS) is 14.8. The van der Waals surface area contributed by atoms with Crippen LogP contribution in [-0.4, -0.2) is 66.7 Å². The van der Waals surface area contributed by atoms with Crippen LogP contribution in [-0.2, 0) is 4.79 Å². The van der Waals surface area contributed by atoms with Crippen molar-refractivity contribution in [2.75, 3.05) is 37.6 Å². The minimum absolute atomic E-state index is 0.0149. The number of aliphatic imine (C=N–C) groups is 1. The number of carbonyl (C=O) groups is 2. The summed E-state index contributed by atoms with van der Waals surface area (Å²) in [7, 11) is 0. The number of piperazine rings is 1. The summed E-state index contributed by atoms with van der Waals surface area (Å²) in [6.45, 7) is 15.2. The minimum atomic E-state index is -0.0699. The summed E-state index contributed by atoms with van der Waals surface area (Å²) in [6, 6.07) is 13.4. The molecular weight excluding hydrogens is 486 g/mol. The molecule has 1 fully saturated rings. The highest BCUT2D eigenvalue weighted by Crippen LogP contribution is 2.32. The van der Waals surface area contributed by atoms with Gasteiger partial charge < -0.3 is 20.0 Å². The van der Waals surface area contributed by atoms with Crippen molar-refractivity contribution in [1.82, 2.24) is 15.1 Å². The van der Waals surface area contributed by atoms with Crippen molar-refractivity contribution < 1.29 is 9.59 Å². The highest BCUT2D eigenvalue weighted by molar-refractivity contribution is 6.30. The Morgan fingerprint density at radius 3 is 2.41 bits per heavy atom. The third-order valence-electron chi connectivity index (χ3n) is 6.64.